The van der Waals surface area contributed by atoms with Gasteiger partial charge >= 0.3 is 5.97 Å². The molecule has 27 heavy (non-hydrogen) atoms. The van der Waals surface area contributed by atoms with Crippen LogP contribution in [0.3, 0.4) is 0 Å². The molecule has 7 heteroatoms. The summed E-state index contributed by atoms with van der Waals surface area (Å²) in [5.74, 6) is -0.240. The number of unbranched alkanes of at least 4 members (excludes halogenated alkanes) is 2. The summed E-state index contributed by atoms with van der Waals surface area (Å²) in [4.78, 5) is 15.1. The van der Waals surface area contributed by atoms with Gasteiger partial charge in [-0.15, -0.1) is 11.3 Å². The molecule has 1 aliphatic rings. The van der Waals surface area contributed by atoms with Crippen LogP contribution in [0.5, 0.6) is 5.75 Å². The molecule has 2 aromatic rings. The van der Waals surface area contributed by atoms with E-state index in [9.17, 15) is 4.79 Å². The fourth-order valence-corrected chi connectivity index (χ4v) is 3.64. The zero-order valence-corrected chi connectivity index (χ0v) is 16.1. The minimum absolute atomic E-state index is 0.00903. The maximum Gasteiger partial charge on any atom is 0.355 e. The molecule has 1 fully saturated rings. The zero-order valence-electron chi connectivity index (χ0n) is 15.3. The Morgan fingerprint density at radius 1 is 1.26 bits per heavy atom. The van der Waals surface area contributed by atoms with Gasteiger partial charge in [-0.1, -0.05) is 12.1 Å². The predicted octanol–water partition coefficient (Wildman–Crippen LogP) is 4.60. The molecule has 1 N–H and O–H groups in total. The smallest absolute Gasteiger partial charge is 0.355 e. The van der Waals surface area contributed by atoms with E-state index < -0.39 is 5.97 Å². The predicted molar refractivity (Wildman–Crippen MR) is 103 cm³/mol. The third kappa shape index (κ3) is 6.30. The van der Waals surface area contributed by atoms with Crippen LogP contribution in [0.4, 0.5) is 0 Å². The Kier molecular flexibility index (Phi) is 7.62. The van der Waals surface area contributed by atoms with Gasteiger partial charge in [-0.2, -0.15) is 0 Å². The lowest BCUT2D eigenvalue weighted by Crippen LogP contribution is -2.22. The second-order valence-electron chi connectivity index (χ2n) is 6.45. The van der Waals surface area contributed by atoms with Crippen LogP contribution in [0.1, 0.15) is 49.0 Å². The van der Waals surface area contributed by atoms with Crippen molar-refractivity contribution in [2.45, 2.75) is 44.8 Å². The molecule has 1 unspecified atom stereocenters. The van der Waals surface area contributed by atoms with Crippen LogP contribution in [0, 0.1) is 0 Å². The van der Waals surface area contributed by atoms with Crippen LogP contribution in [0.25, 0.3) is 10.6 Å². The molecule has 0 spiro atoms. The molecule has 1 aromatic carbocycles. The lowest BCUT2D eigenvalue weighted by Gasteiger charge is -2.22. The first-order chi connectivity index (χ1) is 13.2. The number of carbonyl (C=O) groups is 1. The number of carboxylic acid groups (broad SMARTS) is 1. The average molecular weight is 391 g/mol. The summed E-state index contributed by atoms with van der Waals surface area (Å²) < 4.78 is 17.1. The summed E-state index contributed by atoms with van der Waals surface area (Å²) in [7, 11) is 0. The molecule has 1 aliphatic heterocycles. The van der Waals surface area contributed by atoms with Gasteiger partial charge < -0.3 is 19.3 Å². The van der Waals surface area contributed by atoms with E-state index in [0.717, 1.165) is 56.6 Å². The maximum absolute atomic E-state index is 11.0. The Morgan fingerprint density at radius 2 is 2.15 bits per heavy atom. The normalized spacial score (nSPS) is 17.0. The molecular weight excluding hydrogens is 366 g/mol. The maximum atomic E-state index is 11.0. The molecule has 1 atom stereocenters. The summed E-state index contributed by atoms with van der Waals surface area (Å²) in [6, 6.07) is 7.60. The standard InChI is InChI=1S/C20H25NO5S/c22-20(23)17-14-27-19(21-17)15-7-6-8-16(13-15)24-10-3-1-4-11-25-18-9-2-5-12-26-18/h6-8,13-14,18H,1-5,9-12H2,(H,22,23). The van der Waals surface area contributed by atoms with Gasteiger partial charge in [0.25, 0.3) is 0 Å². The summed E-state index contributed by atoms with van der Waals surface area (Å²) in [6.45, 7) is 2.19. The second kappa shape index (κ2) is 10.4. The topological polar surface area (TPSA) is 77.9 Å². The van der Waals surface area contributed by atoms with E-state index in [2.05, 4.69) is 4.98 Å². The number of aromatic carboxylic acids is 1. The van der Waals surface area contributed by atoms with Crippen molar-refractivity contribution >= 4 is 17.3 Å². The molecule has 6 nitrogen and oxygen atoms in total. The van der Waals surface area contributed by atoms with Crippen molar-refractivity contribution in [3.8, 4) is 16.3 Å². The molecule has 1 aromatic heterocycles. The first kappa shape index (κ1) is 19.8. The minimum Gasteiger partial charge on any atom is -0.494 e. The van der Waals surface area contributed by atoms with Crippen molar-refractivity contribution in [2.75, 3.05) is 19.8 Å². The van der Waals surface area contributed by atoms with Gasteiger partial charge in [0.05, 0.1) is 6.61 Å². The highest BCUT2D eigenvalue weighted by Gasteiger charge is 2.13. The first-order valence-electron chi connectivity index (χ1n) is 9.37. The van der Waals surface area contributed by atoms with E-state index >= 15 is 0 Å². The van der Waals surface area contributed by atoms with Crippen LogP contribution < -0.4 is 4.74 Å². The molecular formula is C20H25NO5S. The third-order valence-corrected chi connectivity index (χ3v) is 5.19. The SMILES string of the molecule is O=C(O)c1csc(-c2cccc(OCCCCCOC3CCCCO3)c2)n1. The fourth-order valence-electron chi connectivity index (χ4n) is 2.85. The highest BCUT2D eigenvalue weighted by Crippen LogP contribution is 2.27. The number of rotatable bonds is 10. The number of aromatic nitrogens is 1. The Hall–Kier alpha value is -1.96. The second-order valence-corrected chi connectivity index (χ2v) is 7.31. The minimum atomic E-state index is -1.01. The van der Waals surface area contributed by atoms with Crippen molar-refractivity contribution in [1.82, 2.24) is 4.98 Å². The van der Waals surface area contributed by atoms with Crippen LogP contribution in [0.15, 0.2) is 29.6 Å². The lowest BCUT2D eigenvalue weighted by molar-refractivity contribution is -0.162. The number of ether oxygens (including phenoxy) is 3. The van der Waals surface area contributed by atoms with Crippen LogP contribution in [-0.4, -0.2) is 42.2 Å². The van der Waals surface area contributed by atoms with E-state index in [0.29, 0.717) is 11.6 Å². The van der Waals surface area contributed by atoms with E-state index in [4.69, 9.17) is 19.3 Å². The van der Waals surface area contributed by atoms with E-state index in [-0.39, 0.29) is 12.0 Å². The fraction of sp³-hybridized carbons (Fsp3) is 0.500. The third-order valence-electron chi connectivity index (χ3n) is 4.30. The summed E-state index contributed by atoms with van der Waals surface area (Å²) in [5.41, 5.74) is 0.938. The quantitative estimate of drug-likeness (QED) is 0.596. The van der Waals surface area contributed by atoms with Gasteiger partial charge in [0.1, 0.15) is 10.8 Å². The Bertz CT molecular complexity index is 727. The molecule has 0 aliphatic carbocycles. The van der Waals surface area contributed by atoms with Crippen molar-refractivity contribution < 1.29 is 24.1 Å². The first-order valence-corrected chi connectivity index (χ1v) is 10.3. The van der Waals surface area contributed by atoms with Gasteiger partial charge in [0.2, 0.25) is 0 Å². The molecule has 3 rings (SSSR count). The number of hydrogen-bond donors (Lipinski definition) is 1. The zero-order chi connectivity index (χ0) is 18.9. The average Bonchev–Trinajstić information content (AvgIpc) is 3.19. The molecule has 0 radical (unpaired) electrons. The van der Waals surface area contributed by atoms with Gasteiger partial charge in [0, 0.05) is 24.2 Å². The van der Waals surface area contributed by atoms with E-state index in [1.54, 1.807) is 5.38 Å². The lowest BCUT2D eigenvalue weighted by atomic mass is 10.2. The summed E-state index contributed by atoms with van der Waals surface area (Å²) in [5, 5.41) is 11.2. The number of benzene rings is 1. The van der Waals surface area contributed by atoms with Crippen molar-refractivity contribution in [3.63, 3.8) is 0 Å². The summed E-state index contributed by atoms with van der Waals surface area (Å²) in [6.07, 6.45) is 6.33. The molecule has 0 bridgehead atoms. The van der Waals surface area contributed by atoms with Gasteiger partial charge in [-0.25, -0.2) is 9.78 Å². The van der Waals surface area contributed by atoms with Gasteiger partial charge in [0.15, 0.2) is 12.0 Å². The Balaban J connectivity index is 1.35. The number of carboxylic acids is 1. The van der Waals surface area contributed by atoms with Crippen LogP contribution >= 0.6 is 11.3 Å². The molecule has 0 saturated carbocycles. The molecule has 2 heterocycles. The van der Waals surface area contributed by atoms with Crippen molar-refractivity contribution in [2.24, 2.45) is 0 Å². The van der Waals surface area contributed by atoms with Crippen molar-refractivity contribution in [3.05, 3.63) is 35.3 Å². The monoisotopic (exact) mass is 391 g/mol. The molecule has 1 saturated heterocycles. The summed E-state index contributed by atoms with van der Waals surface area (Å²) >= 11 is 1.32. The Morgan fingerprint density at radius 3 is 2.93 bits per heavy atom. The number of nitrogens with zero attached hydrogens (tertiary/aromatic N) is 1. The van der Waals surface area contributed by atoms with Crippen molar-refractivity contribution in [1.29, 1.82) is 0 Å². The van der Waals surface area contributed by atoms with E-state index in [1.165, 1.54) is 17.8 Å². The van der Waals surface area contributed by atoms with Crippen LogP contribution in [-0.2, 0) is 9.47 Å². The van der Waals surface area contributed by atoms with Gasteiger partial charge in [-0.3, -0.25) is 0 Å². The molecule has 0 amide bonds. The van der Waals surface area contributed by atoms with Gasteiger partial charge in [-0.05, 0) is 50.7 Å². The van der Waals surface area contributed by atoms with E-state index in [1.807, 2.05) is 24.3 Å². The number of hydrogen-bond acceptors (Lipinski definition) is 6. The molecule has 146 valence electrons. The highest BCUT2D eigenvalue weighted by atomic mass is 32.1. The number of thiazole rings is 1. The Labute approximate surface area is 163 Å². The largest absolute Gasteiger partial charge is 0.494 e. The highest BCUT2D eigenvalue weighted by molar-refractivity contribution is 7.13. The van der Waals surface area contributed by atoms with Crippen LogP contribution in [0.2, 0.25) is 0 Å².